The number of carbonyl (C=O) groups is 2. The predicted molar refractivity (Wildman–Crippen MR) is 103 cm³/mol. The molecule has 3 aromatic rings. The third-order valence-electron chi connectivity index (χ3n) is 3.55. The summed E-state index contributed by atoms with van der Waals surface area (Å²) >= 11 is 2.76. The number of carbonyl (C=O) groups excluding carboxylic acids is 2. The highest BCUT2D eigenvalue weighted by atomic mass is 32.1. The van der Waals surface area contributed by atoms with Crippen molar-refractivity contribution in [2.45, 2.75) is 13.0 Å². The Labute approximate surface area is 158 Å². The van der Waals surface area contributed by atoms with Crippen LogP contribution in [0.15, 0.2) is 46.5 Å². The standard InChI is InChI=1S/C18H17N3O3S2/c1-24-15-4-2-12(3-5-15)9-19-16(22)8-14-11-26-18(20-14)21-17(23)13-6-7-25-10-13/h2-7,10-11H,8-9H2,1H3,(H,19,22)(H,20,21,23). The number of hydrogen-bond donors (Lipinski definition) is 2. The first-order chi connectivity index (χ1) is 12.6. The minimum Gasteiger partial charge on any atom is -0.497 e. The lowest BCUT2D eigenvalue weighted by Gasteiger charge is -2.05. The van der Waals surface area contributed by atoms with Crippen LogP contribution in [0.2, 0.25) is 0 Å². The van der Waals surface area contributed by atoms with E-state index in [2.05, 4.69) is 15.6 Å². The molecule has 0 atom stereocenters. The molecule has 0 bridgehead atoms. The minimum atomic E-state index is -0.198. The Morgan fingerprint density at radius 3 is 2.65 bits per heavy atom. The zero-order valence-corrected chi connectivity index (χ0v) is 15.7. The molecule has 0 unspecified atom stereocenters. The van der Waals surface area contributed by atoms with Gasteiger partial charge in [0, 0.05) is 17.3 Å². The van der Waals surface area contributed by atoms with Crippen LogP contribution in [0.4, 0.5) is 5.13 Å². The van der Waals surface area contributed by atoms with Gasteiger partial charge in [0.05, 0.1) is 24.8 Å². The van der Waals surface area contributed by atoms with Gasteiger partial charge in [-0.05, 0) is 29.1 Å². The second kappa shape index (κ2) is 8.59. The number of nitrogens with one attached hydrogen (secondary N) is 2. The van der Waals surface area contributed by atoms with Gasteiger partial charge in [-0.25, -0.2) is 4.98 Å². The topological polar surface area (TPSA) is 80.3 Å². The zero-order valence-electron chi connectivity index (χ0n) is 14.0. The molecule has 134 valence electrons. The Balaban J connectivity index is 1.48. The summed E-state index contributed by atoms with van der Waals surface area (Å²) in [5.41, 5.74) is 2.22. The van der Waals surface area contributed by atoms with Crippen molar-refractivity contribution in [1.29, 1.82) is 0 Å². The lowest BCUT2D eigenvalue weighted by atomic mass is 10.2. The summed E-state index contributed by atoms with van der Waals surface area (Å²) in [5, 5.41) is 11.5. The molecule has 0 radical (unpaired) electrons. The van der Waals surface area contributed by atoms with Crippen LogP contribution in [-0.4, -0.2) is 23.9 Å². The summed E-state index contributed by atoms with van der Waals surface area (Å²) in [4.78, 5) is 28.3. The number of methoxy groups -OCH3 is 1. The molecule has 6 nitrogen and oxygen atoms in total. The Hall–Kier alpha value is -2.71. The third-order valence-corrected chi connectivity index (χ3v) is 5.04. The fraction of sp³-hybridized carbons (Fsp3) is 0.167. The largest absolute Gasteiger partial charge is 0.497 e. The van der Waals surface area contributed by atoms with Crippen molar-refractivity contribution in [3.8, 4) is 5.75 Å². The molecular formula is C18H17N3O3S2. The molecule has 2 aromatic heterocycles. The van der Waals surface area contributed by atoms with E-state index in [9.17, 15) is 9.59 Å². The van der Waals surface area contributed by atoms with Gasteiger partial charge < -0.3 is 10.1 Å². The highest BCUT2D eigenvalue weighted by Crippen LogP contribution is 2.18. The fourth-order valence-corrected chi connectivity index (χ4v) is 3.52. The molecule has 2 N–H and O–H groups in total. The van der Waals surface area contributed by atoms with Crippen LogP contribution in [0, 0.1) is 0 Å². The maximum Gasteiger partial charge on any atom is 0.258 e. The minimum absolute atomic E-state index is 0.123. The Kier molecular flexibility index (Phi) is 5.98. The smallest absolute Gasteiger partial charge is 0.258 e. The summed E-state index contributed by atoms with van der Waals surface area (Å²) < 4.78 is 5.10. The molecule has 2 heterocycles. The summed E-state index contributed by atoms with van der Waals surface area (Å²) in [6.07, 6.45) is 0.168. The third kappa shape index (κ3) is 4.90. The maximum absolute atomic E-state index is 12.1. The summed E-state index contributed by atoms with van der Waals surface area (Å²) in [6, 6.07) is 9.26. The predicted octanol–water partition coefficient (Wildman–Crippen LogP) is 3.32. The fourth-order valence-electron chi connectivity index (χ4n) is 2.18. The Morgan fingerprint density at radius 1 is 1.15 bits per heavy atom. The van der Waals surface area contributed by atoms with Gasteiger partial charge in [0.2, 0.25) is 5.91 Å². The van der Waals surface area contributed by atoms with E-state index >= 15 is 0 Å². The van der Waals surface area contributed by atoms with E-state index in [4.69, 9.17) is 4.74 Å². The van der Waals surface area contributed by atoms with Gasteiger partial charge in [-0.3, -0.25) is 14.9 Å². The number of anilines is 1. The molecule has 3 rings (SSSR count). The number of hydrogen-bond acceptors (Lipinski definition) is 6. The monoisotopic (exact) mass is 387 g/mol. The van der Waals surface area contributed by atoms with Crippen molar-refractivity contribution in [2.75, 3.05) is 12.4 Å². The highest BCUT2D eigenvalue weighted by molar-refractivity contribution is 7.14. The van der Waals surface area contributed by atoms with Gasteiger partial charge in [-0.1, -0.05) is 12.1 Å². The Bertz CT molecular complexity index is 873. The van der Waals surface area contributed by atoms with Crippen molar-refractivity contribution in [3.05, 3.63) is 63.3 Å². The van der Waals surface area contributed by atoms with Crippen molar-refractivity contribution in [2.24, 2.45) is 0 Å². The van der Waals surface area contributed by atoms with Gasteiger partial charge in [-0.15, -0.1) is 11.3 Å². The molecule has 0 fully saturated rings. The number of nitrogens with zero attached hydrogens (tertiary/aromatic N) is 1. The molecule has 0 saturated heterocycles. The van der Waals surface area contributed by atoms with E-state index in [0.29, 0.717) is 22.9 Å². The molecule has 0 aliphatic carbocycles. The van der Waals surface area contributed by atoms with Crippen LogP contribution in [0.25, 0.3) is 0 Å². The number of thiophene rings is 1. The molecule has 26 heavy (non-hydrogen) atoms. The summed E-state index contributed by atoms with van der Waals surface area (Å²) in [6.45, 7) is 0.439. The van der Waals surface area contributed by atoms with Crippen LogP contribution in [0.1, 0.15) is 21.6 Å². The number of aromatic nitrogens is 1. The zero-order chi connectivity index (χ0) is 18.4. The second-order valence-electron chi connectivity index (χ2n) is 5.41. The molecule has 0 aliphatic heterocycles. The lowest BCUT2D eigenvalue weighted by molar-refractivity contribution is -0.120. The molecule has 2 amide bonds. The first kappa shape index (κ1) is 18.1. The lowest BCUT2D eigenvalue weighted by Crippen LogP contribution is -2.24. The van der Waals surface area contributed by atoms with Crippen molar-refractivity contribution in [3.63, 3.8) is 0 Å². The molecule has 1 aromatic carbocycles. The van der Waals surface area contributed by atoms with E-state index in [1.165, 1.54) is 22.7 Å². The number of ether oxygens (including phenoxy) is 1. The molecular weight excluding hydrogens is 370 g/mol. The average Bonchev–Trinajstić information content (AvgIpc) is 3.32. The van der Waals surface area contributed by atoms with E-state index < -0.39 is 0 Å². The average molecular weight is 387 g/mol. The van der Waals surface area contributed by atoms with E-state index in [-0.39, 0.29) is 18.2 Å². The number of thiazole rings is 1. The van der Waals surface area contributed by atoms with Crippen LogP contribution >= 0.6 is 22.7 Å². The molecule has 0 saturated carbocycles. The van der Waals surface area contributed by atoms with Crippen LogP contribution in [0.5, 0.6) is 5.75 Å². The second-order valence-corrected chi connectivity index (χ2v) is 7.05. The van der Waals surface area contributed by atoms with Gasteiger partial charge in [-0.2, -0.15) is 11.3 Å². The van der Waals surface area contributed by atoms with Gasteiger partial charge in [0.15, 0.2) is 5.13 Å². The molecule has 0 spiro atoms. The quantitative estimate of drug-likeness (QED) is 0.652. The van der Waals surface area contributed by atoms with Crippen molar-refractivity contribution >= 4 is 39.6 Å². The van der Waals surface area contributed by atoms with Gasteiger partial charge in [0.1, 0.15) is 5.75 Å². The van der Waals surface area contributed by atoms with Crippen LogP contribution < -0.4 is 15.4 Å². The first-order valence-corrected chi connectivity index (χ1v) is 9.64. The number of amides is 2. The highest BCUT2D eigenvalue weighted by Gasteiger charge is 2.11. The van der Waals surface area contributed by atoms with Gasteiger partial charge >= 0.3 is 0 Å². The first-order valence-electron chi connectivity index (χ1n) is 7.81. The van der Waals surface area contributed by atoms with E-state index in [1.807, 2.05) is 29.6 Å². The van der Waals surface area contributed by atoms with Crippen LogP contribution in [0.3, 0.4) is 0 Å². The summed E-state index contributed by atoms with van der Waals surface area (Å²) in [5.74, 6) is 0.456. The van der Waals surface area contributed by atoms with Gasteiger partial charge in [0.25, 0.3) is 5.91 Å². The van der Waals surface area contributed by atoms with E-state index in [0.717, 1.165) is 11.3 Å². The SMILES string of the molecule is COc1ccc(CNC(=O)Cc2csc(NC(=O)c3ccsc3)n2)cc1. The number of benzene rings is 1. The molecule has 8 heteroatoms. The Morgan fingerprint density at radius 2 is 1.96 bits per heavy atom. The maximum atomic E-state index is 12.1. The number of rotatable bonds is 7. The van der Waals surface area contributed by atoms with Crippen molar-refractivity contribution in [1.82, 2.24) is 10.3 Å². The van der Waals surface area contributed by atoms with E-state index in [1.54, 1.807) is 23.9 Å². The van der Waals surface area contributed by atoms with Crippen molar-refractivity contribution < 1.29 is 14.3 Å². The van der Waals surface area contributed by atoms with Crippen LogP contribution in [-0.2, 0) is 17.8 Å². The normalized spacial score (nSPS) is 10.3. The molecule has 0 aliphatic rings. The summed E-state index contributed by atoms with van der Waals surface area (Å²) in [7, 11) is 1.61.